The summed E-state index contributed by atoms with van der Waals surface area (Å²) in [5.74, 6) is -0.176. The first-order valence-corrected chi connectivity index (χ1v) is 8.20. The molecule has 0 aliphatic carbocycles. The minimum Gasteiger partial charge on any atom is -0.405 e. The molecule has 0 spiro atoms. The van der Waals surface area contributed by atoms with Gasteiger partial charge in [-0.2, -0.15) is 0 Å². The van der Waals surface area contributed by atoms with Crippen LogP contribution in [0.5, 0.6) is 5.75 Å². The van der Waals surface area contributed by atoms with Crippen LogP contribution in [0.3, 0.4) is 0 Å². The number of nitrogens with one attached hydrogen (secondary N) is 1. The summed E-state index contributed by atoms with van der Waals surface area (Å²) < 4.78 is 44.8. The first kappa shape index (κ1) is 16.0. The Bertz CT molecular complexity index is 915. The molecule has 2 heterocycles. The number of fused-ring (bicyclic) bond motifs is 3. The fraction of sp³-hybridized carbons (Fsp3) is 0.263. The minimum absolute atomic E-state index is 0.176. The van der Waals surface area contributed by atoms with E-state index in [-0.39, 0.29) is 5.75 Å². The van der Waals surface area contributed by atoms with Gasteiger partial charge >= 0.3 is 6.36 Å². The van der Waals surface area contributed by atoms with Crippen LogP contribution in [-0.4, -0.2) is 24.0 Å². The summed E-state index contributed by atoms with van der Waals surface area (Å²) in [6.07, 6.45) is -3.82. The van der Waals surface area contributed by atoms with Gasteiger partial charge in [0.1, 0.15) is 5.75 Å². The Hall–Kier alpha value is -2.47. The lowest BCUT2D eigenvalue weighted by Crippen LogP contribution is -2.18. The van der Waals surface area contributed by atoms with Crippen molar-refractivity contribution in [2.75, 3.05) is 13.1 Å². The lowest BCUT2D eigenvalue weighted by molar-refractivity contribution is -0.274. The number of aromatic nitrogens is 1. The fourth-order valence-electron chi connectivity index (χ4n) is 3.50. The van der Waals surface area contributed by atoms with E-state index in [2.05, 4.69) is 20.7 Å². The van der Waals surface area contributed by atoms with Crippen molar-refractivity contribution in [3.63, 3.8) is 0 Å². The van der Waals surface area contributed by atoms with Gasteiger partial charge in [0.05, 0.1) is 5.52 Å². The predicted octanol–water partition coefficient (Wildman–Crippen LogP) is 4.35. The number of nitrogens with zero attached hydrogens (tertiary/aromatic N) is 1. The molecular weight excluding hydrogens is 329 g/mol. The third-order valence-corrected chi connectivity index (χ3v) is 4.48. The molecule has 1 aliphatic heterocycles. The van der Waals surface area contributed by atoms with Crippen molar-refractivity contribution in [3.8, 4) is 16.9 Å². The predicted molar refractivity (Wildman–Crippen MR) is 90.6 cm³/mol. The third kappa shape index (κ3) is 3.09. The molecule has 3 aromatic rings. The van der Waals surface area contributed by atoms with E-state index < -0.39 is 6.36 Å². The summed E-state index contributed by atoms with van der Waals surface area (Å²) >= 11 is 0. The second kappa shape index (κ2) is 6.11. The van der Waals surface area contributed by atoms with E-state index in [0.29, 0.717) is 5.56 Å². The van der Waals surface area contributed by atoms with E-state index in [1.54, 1.807) is 18.2 Å². The average molecular weight is 346 g/mol. The van der Waals surface area contributed by atoms with Crippen molar-refractivity contribution >= 4 is 10.9 Å². The van der Waals surface area contributed by atoms with Crippen LogP contribution in [0.1, 0.15) is 5.69 Å². The van der Waals surface area contributed by atoms with Crippen LogP contribution in [0.4, 0.5) is 13.2 Å². The van der Waals surface area contributed by atoms with Crippen LogP contribution in [0, 0.1) is 0 Å². The molecule has 2 aromatic carbocycles. The zero-order chi connectivity index (χ0) is 17.4. The Labute approximate surface area is 143 Å². The standard InChI is InChI=1S/C19H17F3N2O/c20-19(21,22)25-17-7-2-1-5-15(17)16-6-3-4-13-12-14-8-9-23-10-11-24(14)18(13)16/h1-7,12,23H,8-11H2. The van der Waals surface area contributed by atoms with Gasteiger partial charge < -0.3 is 14.6 Å². The van der Waals surface area contributed by atoms with Crippen molar-refractivity contribution in [1.82, 2.24) is 9.88 Å². The molecule has 0 saturated heterocycles. The molecule has 0 unspecified atom stereocenters. The molecule has 0 radical (unpaired) electrons. The van der Waals surface area contributed by atoms with Crippen LogP contribution in [0.25, 0.3) is 22.0 Å². The Morgan fingerprint density at radius 2 is 1.76 bits per heavy atom. The van der Waals surface area contributed by atoms with Gasteiger partial charge in [-0.1, -0.05) is 36.4 Å². The second-order valence-corrected chi connectivity index (χ2v) is 6.07. The lowest BCUT2D eigenvalue weighted by Gasteiger charge is -2.15. The molecule has 0 amide bonds. The first-order valence-electron chi connectivity index (χ1n) is 8.20. The molecule has 0 fully saturated rings. The first-order chi connectivity index (χ1) is 12.0. The highest BCUT2D eigenvalue weighted by Crippen LogP contribution is 2.38. The van der Waals surface area contributed by atoms with Gasteiger partial charge in [0.2, 0.25) is 0 Å². The summed E-state index contributed by atoms with van der Waals surface area (Å²) in [5, 5.41) is 4.39. The van der Waals surface area contributed by atoms with Gasteiger partial charge in [-0.3, -0.25) is 0 Å². The average Bonchev–Trinajstić information content (AvgIpc) is 2.76. The number of halogens is 3. The largest absolute Gasteiger partial charge is 0.573 e. The van der Waals surface area contributed by atoms with Crippen molar-refractivity contribution in [1.29, 1.82) is 0 Å². The molecule has 0 saturated carbocycles. The topological polar surface area (TPSA) is 26.2 Å². The maximum absolute atomic E-state index is 12.8. The molecule has 130 valence electrons. The van der Waals surface area contributed by atoms with Gasteiger partial charge in [-0.25, -0.2) is 0 Å². The highest BCUT2D eigenvalue weighted by molar-refractivity contribution is 5.96. The van der Waals surface area contributed by atoms with Gasteiger partial charge in [-0.15, -0.1) is 13.2 Å². The number of hydrogen-bond acceptors (Lipinski definition) is 2. The lowest BCUT2D eigenvalue weighted by atomic mass is 10.0. The maximum atomic E-state index is 12.8. The number of hydrogen-bond donors (Lipinski definition) is 1. The van der Waals surface area contributed by atoms with Crippen LogP contribution >= 0.6 is 0 Å². The van der Waals surface area contributed by atoms with E-state index in [0.717, 1.165) is 42.5 Å². The van der Waals surface area contributed by atoms with Crippen LogP contribution in [-0.2, 0) is 13.0 Å². The Balaban J connectivity index is 1.92. The molecule has 0 bridgehead atoms. The fourth-order valence-corrected chi connectivity index (χ4v) is 3.50. The molecule has 3 nitrogen and oxygen atoms in total. The van der Waals surface area contributed by atoms with E-state index in [9.17, 15) is 13.2 Å². The second-order valence-electron chi connectivity index (χ2n) is 6.07. The number of benzene rings is 2. The number of para-hydroxylation sites is 2. The van der Waals surface area contributed by atoms with Gasteiger partial charge in [0.25, 0.3) is 0 Å². The van der Waals surface area contributed by atoms with E-state index >= 15 is 0 Å². The molecule has 6 heteroatoms. The summed E-state index contributed by atoms with van der Waals surface area (Å²) in [7, 11) is 0. The van der Waals surface area contributed by atoms with Crippen molar-refractivity contribution in [2.24, 2.45) is 0 Å². The summed E-state index contributed by atoms with van der Waals surface area (Å²) in [6, 6.07) is 14.2. The molecule has 1 aromatic heterocycles. The number of rotatable bonds is 2. The Morgan fingerprint density at radius 3 is 2.60 bits per heavy atom. The molecule has 1 aliphatic rings. The number of ether oxygens (including phenoxy) is 1. The van der Waals surface area contributed by atoms with E-state index in [4.69, 9.17) is 0 Å². The van der Waals surface area contributed by atoms with E-state index in [1.165, 1.54) is 11.8 Å². The third-order valence-electron chi connectivity index (χ3n) is 4.48. The smallest absolute Gasteiger partial charge is 0.405 e. The van der Waals surface area contributed by atoms with Gasteiger partial charge in [0, 0.05) is 48.3 Å². The van der Waals surface area contributed by atoms with Crippen molar-refractivity contribution in [2.45, 2.75) is 19.3 Å². The normalized spacial score (nSPS) is 15.0. The zero-order valence-corrected chi connectivity index (χ0v) is 13.4. The minimum atomic E-state index is -4.72. The number of alkyl halides is 3. The molecule has 1 N–H and O–H groups in total. The highest BCUT2D eigenvalue weighted by atomic mass is 19.4. The van der Waals surface area contributed by atoms with Crippen molar-refractivity contribution < 1.29 is 17.9 Å². The summed E-state index contributed by atoms with van der Waals surface area (Å²) in [6.45, 7) is 2.53. The molecule has 25 heavy (non-hydrogen) atoms. The highest BCUT2D eigenvalue weighted by Gasteiger charge is 2.32. The van der Waals surface area contributed by atoms with Crippen LogP contribution in [0.15, 0.2) is 48.5 Å². The molecule has 4 rings (SSSR count). The van der Waals surface area contributed by atoms with Crippen molar-refractivity contribution in [3.05, 3.63) is 54.2 Å². The SMILES string of the molecule is FC(F)(F)Oc1ccccc1-c1cccc2cc3n(c12)CCNCC3. The van der Waals surface area contributed by atoms with Gasteiger partial charge in [0.15, 0.2) is 0 Å². The van der Waals surface area contributed by atoms with Crippen LogP contribution in [0.2, 0.25) is 0 Å². The summed E-state index contributed by atoms with van der Waals surface area (Å²) in [4.78, 5) is 0. The Kier molecular flexibility index (Phi) is 3.92. The van der Waals surface area contributed by atoms with Crippen LogP contribution < -0.4 is 10.1 Å². The monoisotopic (exact) mass is 346 g/mol. The summed E-state index contributed by atoms with van der Waals surface area (Å²) in [5.41, 5.74) is 3.36. The van der Waals surface area contributed by atoms with Gasteiger partial charge in [-0.05, 0) is 12.1 Å². The molecular formula is C19H17F3N2O. The van der Waals surface area contributed by atoms with E-state index in [1.807, 2.05) is 18.2 Å². The maximum Gasteiger partial charge on any atom is 0.573 e. The Morgan fingerprint density at radius 1 is 0.960 bits per heavy atom. The molecule has 0 atom stereocenters. The zero-order valence-electron chi connectivity index (χ0n) is 13.4. The quantitative estimate of drug-likeness (QED) is 0.746.